The average molecular weight is 257 g/mol. The summed E-state index contributed by atoms with van der Waals surface area (Å²) < 4.78 is 0. The lowest BCUT2D eigenvalue weighted by atomic mass is 10.1. The minimum Gasteiger partial charge on any atom is -0.334 e. The number of nitrogens with one attached hydrogen (secondary N) is 1. The predicted octanol–water partition coefficient (Wildman–Crippen LogP) is 2.94. The number of pyridine rings is 1. The first-order valence-electron chi connectivity index (χ1n) is 5.55. The molecule has 0 aliphatic rings. The van der Waals surface area contributed by atoms with Crippen LogP contribution in [0, 0.1) is 10.1 Å². The van der Waals surface area contributed by atoms with Gasteiger partial charge in [-0.1, -0.05) is 0 Å². The van der Waals surface area contributed by atoms with Crippen LogP contribution in [-0.4, -0.2) is 15.7 Å². The molecule has 1 heterocycles. The Hall–Kier alpha value is -2.76. The van der Waals surface area contributed by atoms with E-state index >= 15 is 0 Å². The van der Waals surface area contributed by atoms with Crippen molar-refractivity contribution in [2.75, 3.05) is 5.32 Å². The lowest BCUT2D eigenvalue weighted by molar-refractivity contribution is -0.384. The predicted molar refractivity (Wildman–Crippen MR) is 70.6 cm³/mol. The van der Waals surface area contributed by atoms with Crippen LogP contribution in [0.2, 0.25) is 0 Å². The van der Waals surface area contributed by atoms with Gasteiger partial charge in [-0.2, -0.15) is 0 Å². The quantitative estimate of drug-likeness (QED) is 0.517. The third-order valence-corrected chi connectivity index (χ3v) is 2.54. The van der Waals surface area contributed by atoms with Crippen LogP contribution in [0.15, 0.2) is 42.6 Å². The molecule has 6 heteroatoms. The Balaban J connectivity index is 2.26. The normalized spacial score (nSPS) is 9.95. The Bertz CT molecular complexity index is 623. The summed E-state index contributed by atoms with van der Waals surface area (Å²) in [5, 5.41) is 13.7. The second-order valence-electron chi connectivity index (χ2n) is 3.89. The van der Waals surface area contributed by atoms with Crippen molar-refractivity contribution in [3.63, 3.8) is 0 Å². The topological polar surface area (TPSA) is 85.1 Å². The van der Waals surface area contributed by atoms with Crippen LogP contribution in [0.4, 0.5) is 17.2 Å². The highest BCUT2D eigenvalue weighted by Crippen LogP contribution is 2.24. The van der Waals surface area contributed by atoms with Gasteiger partial charge in [0, 0.05) is 23.5 Å². The first-order chi connectivity index (χ1) is 9.08. The molecule has 0 saturated heterocycles. The summed E-state index contributed by atoms with van der Waals surface area (Å²) in [5.41, 5.74) is 1.12. The molecule has 2 aromatic rings. The van der Waals surface area contributed by atoms with E-state index in [0.717, 1.165) is 0 Å². The largest absolute Gasteiger partial charge is 0.334 e. The van der Waals surface area contributed by atoms with Crippen molar-refractivity contribution in [1.82, 2.24) is 4.98 Å². The summed E-state index contributed by atoms with van der Waals surface area (Å²) in [5.74, 6) is 0.137. The van der Waals surface area contributed by atoms with Crippen LogP contribution >= 0.6 is 0 Å². The van der Waals surface area contributed by atoms with Gasteiger partial charge in [0.05, 0.1) is 4.92 Å². The number of Topliss-reactive ketones (excluding diaryl/α,β-unsaturated/α-hetero) is 1. The Kier molecular flexibility index (Phi) is 3.51. The number of carbonyl (C=O) groups excluding carboxylic acids is 1. The maximum Gasteiger partial charge on any atom is 0.311 e. The molecule has 0 aliphatic carbocycles. The number of carbonyl (C=O) groups is 1. The Morgan fingerprint density at radius 1 is 1.26 bits per heavy atom. The highest BCUT2D eigenvalue weighted by atomic mass is 16.6. The first kappa shape index (κ1) is 12.7. The summed E-state index contributed by atoms with van der Waals surface area (Å²) in [6.45, 7) is 1.48. The zero-order chi connectivity index (χ0) is 13.8. The van der Waals surface area contributed by atoms with Gasteiger partial charge in [0.25, 0.3) is 0 Å². The molecule has 96 valence electrons. The number of hydrogen-bond donors (Lipinski definition) is 1. The van der Waals surface area contributed by atoms with E-state index in [9.17, 15) is 14.9 Å². The van der Waals surface area contributed by atoms with Gasteiger partial charge in [-0.15, -0.1) is 0 Å². The van der Waals surface area contributed by atoms with Gasteiger partial charge in [0.15, 0.2) is 5.78 Å². The van der Waals surface area contributed by atoms with E-state index < -0.39 is 4.92 Å². The number of rotatable bonds is 4. The van der Waals surface area contributed by atoms with E-state index in [1.54, 1.807) is 24.3 Å². The van der Waals surface area contributed by atoms with Crippen molar-refractivity contribution in [1.29, 1.82) is 0 Å². The van der Waals surface area contributed by atoms with Gasteiger partial charge >= 0.3 is 5.69 Å². The molecule has 1 N–H and O–H groups in total. The molecule has 1 aromatic carbocycles. The summed E-state index contributed by atoms with van der Waals surface area (Å²) in [7, 11) is 0. The molecule has 0 saturated carbocycles. The third-order valence-electron chi connectivity index (χ3n) is 2.54. The van der Waals surface area contributed by atoms with Gasteiger partial charge in [0.1, 0.15) is 0 Å². The summed E-state index contributed by atoms with van der Waals surface area (Å²) in [4.78, 5) is 25.4. The zero-order valence-electron chi connectivity index (χ0n) is 10.2. The molecule has 0 spiro atoms. The van der Waals surface area contributed by atoms with Crippen LogP contribution in [0.5, 0.6) is 0 Å². The molecular weight excluding hydrogens is 246 g/mol. The molecule has 0 unspecified atom stereocenters. The number of aromatic nitrogens is 1. The number of hydrogen-bond acceptors (Lipinski definition) is 5. The van der Waals surface area contributed by atoms with Crippen LogP contribution in [0.1, 0.15) is 17.3 Å². The van der Waals surface area contributed by atoms with E-state index in [2.05, 4.69) is 10.3 Å². The maximum atomic E-state index is 11.1. The molecular formula is C13H11N3O3. The lowest BCUT2D eigenvalue weighted by Crippen LogP contribution is -1.99. The standard InChI is InChI=1S/C13H11N3O3/c1-9(17)10-4-6-11(7-5-10)15-13-12(16(18)19)3-2-8-14-13/h2-8H,1H3,(H,14,15). The molecule has 0 fully saturated rings. The number of ketones is 1. The van der Waals surface area contributed by atoms with E-state index in [1.165, 1.54) is 25.3 Å². The summed E-state index contributed by atoms with van der Waals surface area (Å²) in [6, 6.07) is 9.53. The second-order valence-corrected chi connectivity index (χ2v) is 3.89. The molecule has 0 atom stereocenters. The van der Waals surface area contributed by atoms with Crippen molar-refractivity contribution in [2.24, 2.45) is 0 Å². The Morgan fingerprint density at radius 2 is 1.95 bits per heavy atom. The number of nitrogens with zero attached hydrogens (tertiary/aromatic N) is 2. The van der Waals surface area contributed by atoms with E-state index in [4.69, 9.17) is 0 Å². The maximum absolute atomic E-state index is 11.1. The average Bonchev–Trinajstić information content (AvgIpc) is 2.39. The molecule has 19 heavy (non-hydrogen) atoms. The second kappa shape index (κ2) is 5.26. The Morgan fingerprint density at radius 3 is 2.53 bits per heavy atom. The van der Waals surface area contributed by atoms with Crippen molar-refractivity contribution >= 4 is 23.0 Å². The van der Waals surface area contributed by atoms with Gasteiger partial charge < -0.3 is 5.32 Å². The van der Waals surface area contributed by atoms with Gasteiger partial charge in [-0.25, -0.2) is 4.98 Å². The minimum atomic E-state index is -0.501. The van der Waals surface area contributed by atoms with E-state index in [1.807, 2.05) is 0 Å². The van der Waals surface area contributed by atoms with E-state index in [0.29, 0.717) is 11.3 Å². The van der Waals surface area contributed by atoms with Crippen LogP contribution < -0.4 is 5.32 Å². The molecule has 0 aliphatic heterocycles. The molecule has 1 aromatic heterocycles. The van der Waals surface area contributed by atoms with Crippen LogP contribution in [0.25, 0.3) is 0 Å². The van der Waals surface area contributed by atoms with Crippen molar-refractivity contribution < 1.29 is 9.72 Å². The van der Waals surface area contributed by atoms with Crippen LogP contribution in [0.3, 0.4) is 0 Å². The summed E-state index contributed by atoms with van der Waals surface area (Å²) in [6.07, 6.45) is 1.47. The number of nitro groups is 1. The van der Waals surface area contributed by atoms with Gasteiger partial charge in [-0.3, -0.25) is 14.9 Å². The fourth-order valence-corrected chi connectivity index (χ4v) is 1.57. The molecule has 0 amide bonds. The molecule has 2 rings (SSSR count). The smallest absolute Gasteiger partial charge is 0.311 e. The molecule has 0 radical (unpaired) electrons. The monoisotopic (exact) mass is 257 g/mol. The zero-order valence-corrected chi connectivity index (χ0v) is 10.2. The van der Waals surface area contributed by atoms with Gasteiger partial charge in [-0.05, 0) is 37.3 Å². The van der Waals surface area contributed by atoms with Crippen molar-refractivity contribution in [3.8, 4) is 0 Å². The van der Waals surface area contributed by atoms with Crippen molar-refractivity contribution in [2.45, 2.75) is 6.92 Å². The Labute approximate surface area is 109 Å². The lowest BCUT2D eigenvalue weighted by Gasteiger charge is -2.06. The highest BCUT2D eigenvalue weighted by Gasteiger charge is 2.13. The van der Waals surface area contributed by atoms with Crippen molar-refractivity contribution in [3.05, 3.63) is 58.3 Å². The van der Waals surface area contributed by atoms with Crippen LogP contribution in [-0.2, 0) is 0 Å². The fraction of sp³-hybridized carbons (Fsp3) is 0.0769. The number of benzene rings is 1. The van der Waals surface area contributed by atoms with E-state index in [-0.39, 0.29) is 17.3 Å². The third kappa shape index (κ3) is 2.92. The first-order valence-corrected chi connectivity index (χ1v) is 5.55. The fourth-order valence-electron chi connectivity index (χ4n) is 1.57. The molecule has 0 bridgehead atoms. The highest BCUT2D eigenvalue weighted by molar-refractivity contribution is 5.94. The number of anilines is 2. The minimum absolute atomic E-state index is 0.0321. The summed E-state index contributed by atoms with van der Waals surface area (Å²) >= 11 is 0. The molecule has 6 nitrogen and oxygen atoms in total. The van der Waals surface area contributed by atoms with Gasteiger partial charge in [0.2, 0.25) is 5.82 Å². The SMILES string of the molecule is CC(=O)c1ccc(Nc2ncccc2[N+](=O)[O-])cc1.